The van der Waals surface area contributed by atoms with Crippen molar-refractivity contribution >= 4 is 23.5 Å². The molecule has 0 saturated carbocycles. The maximum atomic E-state index is 12.4. The van der Waals surface area contributed by atoms with E-state index in [0.717, 1.165) is 0 Å². The van der Waals surface area contributed by atoms with Crippen molar-refractivity contribution in [3.05, 3.63) is 65.2 Å². The van der Waals surface area contributed by atoms with Gasteiger partial charge in [-0.15, -0.1) is 0 Å². The summed E-state index contributed by atoms with van der Waals surface area (Å²) in [5, 5.41) is 0.521. The molecule has 0 radical (unpaired) electrons. The van der Waals surface area contributed by atoms with Gasteiger partial charge in [0.1, 0.15) is 11.8 Å². The molecule has 0 aliphatic carbocycles. The number of hydrogen-bond acceptors (Lipinski definition) is 5. The molecular formula is C21H23ClN2O4. The molecule has 0 aromatic heterocycles. The normalized spacial score (nSPS) is 15.7. The van der Waals surface area contributed by atoms with Gasteiger partial charge >= 0.3 is 5.97 Å². The first-order valence-corrected chi connectivity index (χ1v) is 9.50. The zero-order chi connectivity index (χ0) is 19.9. The van der Waals surface area contributed by atoms with Crippen molar-refractivity contribution in [2.24, 2.45) is 0 Å². The minimum Gasteiger partial charge on any atom is -0.484 e. The average Bonchev–Trinajstić information content (AvgIpc) is 2.74. The number of halogens is 1. The van der Waals surface area contributed by atoms with Crippen molar-refractivity contribution in [2.45, 2.75) is 6.04 Å². The molecule has 0 unspecified atom stereocenters. The number of esters is 1. The van der Waals surface area contributed by atoms with E-state index in [9.17, 15) is 9.59 Å². The topological polar surface area (TPSA) is 59.1 Å². The van der Waals surface area contributed by atoms with Crippen LogP contribution in [0, 0.1) is 0 Å². The van der Waals surface area contributed by atoms with E-state index in [1.807, 2.05) is 53.4 Å². The highest BCUT2D eigenvalue weighted by atomic mass is 35.5. The van der Waals surface area contributed by atoms with Gasteiger partial charge in [0, 0.05) is 31.2 Å². The zero-order valence-electron chi connectivity index (χ0n) is 15.7. The van der Waals surface area contributed by atoms with Crippen molar-refractivity contribution in [2.75, 3.05) is 39.9 Å². The second-order valence-electron chi connectivity index (χ2n) is 6.47. The number of hydrogen-bond donors (Lipinski definition) is 0. The van der Waals surface area contributed by atoms with E-state index in [2.05, 4.69) is 0 Å². The van der Waals surface area contributed by atoms with Crippen LogP contribution in [-0.4, -0.2) is 61.6 Å². The largest absolute Gasteiger partial charge is 0.484 e. The van der Waals surface area contributed by atoms with Crippen molar-refractivity contribution in [3.63, 3.8) is 0 Å². The maximum Gasteiger partial charge on any atom is 0.327 e. The molecule has 1 aliphatic rings. The molecule has 1 saturated heterocycles. The van der Waals surface area contributed by atoms with Crippen molar-refractivity contribution in [1.82, 2.24) is 9.80 Å². The Morgan fingerprint density at radius 1 is 1.00 bits per heavy atom. The number of carbonyl (C=O) groups is 2. The van der Waals surface area contributed by atoms with Crippen LogP contribution in [0.2, 0.25) is 5.02 Å². The number of benzene rings is 2. The fraction of sp³-hybridized carbons (Fsp3) is 0.333. The Labute approximate surface area is 169 Å². The van der Waals surface area contributed by atoms with E-state index in [4.69, 9.17) is 21.1 Å². The predicted molar refractivity (Wildman–Crippen MR) is 106 cm³/mol. The lowest BCUT2D eigenvalue weighted by Crippen LogP contribution is -2.52. The van der Waals surface area contributed by atoms with Gasteiger partial charge in [-0.25, -0.2) is 4.79 Å². The maximum absolute atomic E-state index is 12.4. The fourth-order valence-corrected chi connectivity index (χ4v) is 3.50. The monoisotopic (exact) mass is 402 g/mol. The molecule has 2 aromatic carbocycles. The van der Waals surface area contributed by atoms with E-state index in [-0.39, 0.29) is 18.5 Å². The third kappa shape index (κ3) is 4.82. The lowest BCUT2D eigenvalue weighted by atomic mass is 10.0. The van der Waals surface area contributed by atoms with Gasteiger partial charge in [0.15, 0.2) is 6.61 Å². The van der Waals surface area contributed by atoms with Crippen LogP contribution in [0.15, 0.2) is 54.6 Å². The first kappa shape index (κ1) is 20.2. The molecule has 3 rings (SSSR count). The Hall–Kier alpha value is -2.57. The summed E-state index contributed by atoms with van der Waals surface area (Å²) in [6.07, 6.45) is 0. The smallest absolute Gasteiger partial charge is 0.327 e. The number of para-hydroxylation sites is 1. The van der Waals surface area contributed by atoms with Gasteiger partial charge in [0.05, 0.1) is 7.11 Å². The van der Waals surface area contributed by atoms with E-state index < -0.39 is 6.04 Å². The van der Waals surface area contributed by atoms with Gasteiger partial charge in [0.2, 0.25) is 0 Å². The van der Waals surface area contributed by atoms with E-state index in [0.29, 0.717) is 42.5 Å². The van der Waals surface area contributed by atoms with Gasteiger partial charge in [0.25, 0.3) is 5.91 Å². The average molecular weight is 403 g/mol. The summed E-state index contributed by atoms with van der Waals surface area (Å²) in [5.74, 6) is 0.232. The lowest BCUT2D eigenvalue weighted by Gasteiger charge is -2.38. The number of carbonyl (C=O) groups excluding carboxylic acids is 2. The highest BCUT2D eigenvalue weighted by Gasteiger charge is 2.33. The van der Waals surface area contributed by atoms with Crippen LogP contribution in [0.1, 0.15) is 11.6 Å². The molecule has 1 fully saturated rings. The minimum atomic E-state index is -0.587. The van der Waals surface area contributed by atoms with E-state index >= 15 is 0 Å². The van der Waals surface area contributed by atoms with Gasteiger partial charge < -0.3 is 14.4 Å². The standard InChI is InChI=1S/C21H23ClN2O4/c1-27-21(26)20(17-9-5-6-10-18(17)22)24-13-11-23(12-14-24)19(25)15-28-16-7-3-2-4-8-16/h2-10,20H,11-15H2,1H3/t20-/m0/s1. The van der Waals surface area contributed by atoms with Gasteiger partial charge in [-0.05, 0) is 23.8 Å². The lowest BCUT2D eigenvalue weighted by molar-refractivity contribution is -0.148. The van der Waals surface area contributed by atoms with E-state index in [1.54, 1.807) is 11.0 Å². The SMILES string of the molecule is COC(=O)[C@H](c1ccccc1Cl)N1CCN(C(=O)COc2ccccc2)CC1. The Bertz CT molecular complexity index is 807. The van der Waals surface area contributed by atoms with E-state index in [1.165, 1.54) is 7.11 Å². The molecule has 0 N–H and O–H groups in total. The molecule has 6 nitrogen and oxygen atoms in total. The molecule has 2 aromatic rings. The summed E-state index contributed by atoms with van der Waals surface area (Å²) in [6.45, 7) is 2.10. The Morgan fingerprint density at radius 3 is 2.29 bits per heavy atom. The first-order valence-electron chi connectivity index (χ1n) is 9.12. The zero-order valence-corrected chi connectivity index (χ0v) is 16.5. The summed E-state index contributed by atoms with van der Waals surface area (Å²) in [4.78, 5) is 28.6. The fourth-order valence-electron chi connectivity index (χ4n) is 3.26. The van der Waals surface area contributed by atoms with Crippen LogP contribution >= 0.6 is 11.6 Å². The van der Waals surface area contributed by atoms with Crippen molar-refractivity contribution < 1.29 is 19.1 Å². The molecular weight excluding hydrogens is 380 g/mol. The summed E-state index contributed by atoms with van der Waals surface area (Å²) in [7, 11) is 1.37. The molecule has 28 heavy (non-hydrogen) atoms. The Morgan fingerprint density at radius 2 is 1.64 bits per heavy atom. The summed E-state index contributed by atoms with van der Waals surface area (Å²) >= 11 is 6.30. The van der Waals surface area contributed by atoms with Crippen LogP contribution in [0.3, 0.4) is 0 Å². The second-order valence-corrected chi connectivity index (χ2v) is 6.87. The molecule has 7 heteroatoms. The summed E-state index contributed by atoms with van der Waals surface area (Å²) in [5.41, 5.74) is 0.711. The molecule has 1 heterocycles. The molecule has 148 valence electrons. The third-order valence-corrected chi connectivity index (χ3v) is 5.11. The van der Waals surface area contributed by atoms with Gasteiger partial charge in [-0.2, -0.15) is 0 Å². The highest BCUT2D eigenvalue weighted by Crippen LogP contribution is 2.29. The Balaban J connectivity index is 1.60. The third-order valence-electron chi connectivity index (χ3n) is 4.76. The molecule has 1 aliphatic heterocycles. The number of nitrogens with zero attached hydrogens (tertiary/aromatic N) is 2. The predicted octanol–water partition coefficient (Wildman–Crippen LogP) is 2.78. The van der Waals surface area contributed by atoms with Gasteiger partial charge in [-0.1, -0.05) is 48.0 Å². The van der Waals surface area contributed by atoms with Crippen LogP contribution < -0.4 is 4.74 Å². The molecule has 1 atom stereocenters. The molecule has 0 bridgehead atoms. The minimum absolute atomic E-state index is 0.00500. The number of rotatable bonds is 6. The molecule has 1 amide bonds. The van der Waals surface area contributed by atoms with Crippen LogP contribution in [0.25, 0.3) is 0 Å². The highest BCUT2D eigenvalue weighted by molar-refractivity contribution is 6.31. The van der Waals surface area contributed by atoms with Crippen LogP contribution in [-0.2, 0) is 14.3 Å². The summed E-state index contributed by atoms with van der Waals surface area (Å²) < 4.78 is 10.5. The first-order chi connectivity index (χ1) is 13.6. The molecule has 0 spiro atoms. The van der Waals surface area contributed by atoms with Crippen LogP contribution in [0.4, 0.5) is 0 Å². The van der Waals surface area contributed by atoms with Crippen molar-refractivity contribution in [1.29, 1.82) is 0 Å². The number of methoxy groups -OCH3 is 1. The summed E-state index contributed by atoms with van der Waals surface area (Å²) in [6, 6.07) is 15.9. The van der Waals surface area contributed by atoms with Gasteiger partial charge in [-0.3, -0.25) is 9.69 Å². The Kier molecular flexibility index (Phi) is 6.90. The number of piperazine rings is 1. The second kappa shape index (κ2) is 9.57. The van der Waals surface area contributed by atoms with Crippen LogP contribution in [0.5, 0.6) is 5.75 Å². The number of amides is 1. The van der Waals surface area contributed by atoms with Crippen molar-refractivity contribution in [3.8, 4) is 5.75 Å². The quantitative estimate of drug-likeness (QED) is 0.695. The number of ether oxygens (including phenoxy) is 2.